The zero-order chi connectivity index (χ0) is 29.2. The van der Waals surface area contributed by atoms with E-state index in [-0.39, 0.29) is 23.3 Å². The second kappa shape index (κ2) is 11.5. The lowest BCUT2D eigenvalue weighted by Crippen LogP contribution is -2.31. The molecule has 0 saturated carbocycles. The van der Waals surface area contributed by atoms with E-state index in [4.69, 9.17) is 14.2 Å². The third-order valence-electron chi connectivity index (χ3n) is 7.31. The number of rotatable bonds is 8. The second-order valence-electron chi connectivity index (χ2n) is 11.0. The van der Waals surface area contributed by atoms with E-state index < -0.39 is 17.7 Å². The highest BCUT2D eigenvalue weighted by Gasteiger charge is 2.46. The van der Waals surface area contributed by atoms with Crippen molar-refractivity contribution in [3.63, 3.8) is 0 Å². The van der Waals surface area contributed by atoms with Gasteiger partial charge in [-0.3, -0.25) is 9.59 Å². The number of methoxy groups -OCH3 is 3. The molecule has 1 aliphatic heterocycles. The number of aliphatic hydroxyl groups is 1. The Bertz CT molecular complexity index is 1470. The quantitative estimate of drug-likeness (QED) is 0.214. The van der Waals surface area contributed by atoms with Crippen LogP contribution in [0.5, 0.6) is 17.2 Å². The summed E-state index contributed by atoms with van der Waals surface area (Å²) in [6.07, 6.45) is 0.471. The van der Waals surface area contributed by atoms with Crippen molar-refractivity contribution in [3.8, 4) is 17.2 Å². The molecule has 4 rings (SSSR count). The van der Waals surface area contributed by atoms with Crippen LogP contribution >= 0.6 is 0 Å². The van der Waals surface area contributed by atoms with Crippen molar-refractivity contribution in [2.75, 3.05) is 27.9 Å². The first-order valence-electron chi connectivity index (χ1n) is 13.2. The van der Waals surface area contributed by atoms with Crippen molar-refractivity contribution < 1.29 is 28.9 Å². The van der Waals surface area contributed by atoms with E-state index in [0.29, 0.717) is 29.2 Å². The number of hydrogen-bond acceptors (Lipinski definition) is 6. The number of likely N-dealkylation sites (tertiary alicyclic amines) is 1. The molecule has 0 aromatic heterocycles. The van der Waals surface area contributed by atoms with Crippen molar-refractivity contribution in [2.24, 2.45) is 0 Å². The van der Waals surface area contributed by atoms with Crippen LogP contribution in [-0.2, 0) is 21.4 Å². The third kappa shape index (κ3) is 5.55. The van der Waals surface area contributed by atoms with Crippen molar-refractivity contribution in [2.45, 2.75) is 45.6 Å². The molecule has 40 heavy (non-hydrogen) atoms. The minimum atomic E-state index is -0.761. The molecular weight excluding hydrogens is 506 g/mol. The minimum absolute atomic E-state index is 0.0484. The van der Waals surface area contributed by atoms with Crippen molar-refractivity contribution in [1.29, 1.82) is 0 Å². The van der Waals surface area contributed by atoms with Crippen LogP contribution in [0.4, 0.5) is 0 Å². The van der Waals surface area contributed by atoms with E-state index in [0.717, 1.165) is 22.3 Å². The number of nitrogens with zero attached hydrogens (tertiary/aromatic N) is 1. The largest absolute Gasteiger partial charge is 0.507 e. The average molecular weight is 544 g/mol. The highest BCUT2D eigenvalue weighted by atomic mass is 16.5. The summed E-state index contributed by atoms with van der Waals surface area (Å²) in [7, 11) is 4.66. The van der Waals surface area contributed by atoms with Crippen LogP contribution < -0.4 is 14.2 Å². The molecule has 1 unspecified atom stereocenters. The monoisotopic (exact) mass is 543 g/mol. The molecule has 7 nitrogen and oxygen atoms in total. The van der Waals surface area contributed by atoms with Gasteiger partial charge in [-0.15, -0.1) is 0 Å². The zero-order valence-electron chi connectivity index (χ0n) is 24.2. The van der Waals surface area contributed by atoms with Gasteiger partial charge in [0.2, 0.25) is 0 Å². The van der Waals surface area contributed by atoms with Gasteiger partial charge in [0.15, 0.2) is 11.5 Å². The molecule has 1 saturated heterocycles. The number of benzene rings is 3. The zero-order valence-corrected chi connectivity index (χ0v) is 24.2. The summed E-state index contributed by atoms with van der Waals surface area (Å²) in [5.74, 6) is -0.00791. The molecule has 3 aromatic rings. The van der Waals surface area contributed by atoms with Gasteiger partial charge in [-0.1, -0.05) is 62.7 Å². The van der Waals surface area contributed by atoms with Crippen molar-refractivity contribution in [3.05, 3.63) is 94.1 Å². The molecule has 0 aliphatic carbocycles. The maximum absolute atomic E-state index is 13.6. The maximum atomic E-state index is 13.6. The van der Waals surface area contributed by atoms with Gasteiger partial charge in [0.25, 0.3) is 11.7 Å². The molecule has 1 aliphatic rings. The number of Topliss-reactive ketones (excluding diaryl/α,β-unsaturated/α-hetero) is 1. The van der Waals surface area contributed by atoms with Gasteiger partial charge in [-0.05, 0) is 59.7 Å². The van der Waals surface area contributed by atoms with Crippen LogP contribution in [-0.4, -0.2) is 49.6 Å². The molecule has 1 N–H and O–H groups in total. The van der Waals surface area contributed by atoms with E-state index in [2.05, 4.69) is 20.8 Å². The number of aliphatic hydroxyl groups excluding tert-OH is 1. The number of amides is 1. The van der Waals surface area contributed by atoms with Gasteiger partial charge >= 0.3 is 0 Å². The molecule has 1 atom stereocenters. The van der Waals surface area contributed by atoms with Crippen LogP contribution in [0.1, 0.15) is 54.6 Å². The van der Waals surface area contributed by atoms with E-state index >= 15 is 0 Å². The lowest BCUT2D eigenvalue weighted by atomic mass is 9.85. The number of ether oxygens (including phenoxy) is 3. The number of ketones is 1. The van der Waals surface area contributed by atoms with Crippen LogP contribution in [0, 0.1) is 6.92 Å². The van der Waals surface area contributed by atoms with E-state index in [1.165, 1.54) is 7.11 Å². The maximum Gasteiger partial charge on any atom is 0.295 e. The highest BCUT2D eigenvalue weighted by Crippen LogP contribution is 2.42. The second-order valence-corrected chi connectivity index (χ2v) is 11.0. The first kappa shape index (κ1) is 28.7. The molecule has 1 fully saturated rings. The Hall–Kier alpha value is -4.26. The average Bonchev–Trinajstić information content (AvgIpc) is 3.19. The normalized spacial score (nSPS) is 16.8. The van der Waals surface area contributed by atoms with Gasteiger partial charge in [0.1, 0.15) is 11.5 Å². The van der Waals surface area contributed by atoms with Crippen molar-refractivity contribution >= 4 is 17.4 Å². The third-order valence-corrected chi connectivity index (χ3v) is 7.31. The fourth-order valence-corrected chi connectivity index (χ4v) is 5.09. The van der Waals surface area contributed by atoms with Gasteiger partial charge in [-0.2, -0.15) is 0 Å². The van der Waals surface area contributed by atoms with Crippen LogP contribution in [0.3, 0.4) is 0 Å². The lowest BCUT2D eigenvalue weighted by molar-refractivity contribution is -0.139. The van der Waals surface area contributed by atoms with Crippen LogP contribution in [0.15, 0.2) is 66.2 Å². The Balaban J connectivity index is 1.83. The first-order chi connectivity index (χ1) is 19.0. The Kier molecular flexibility index (Phi) is 8.24. The number of hydrogen-bond donors (Lipinski definition) is 1. The summed E-state index contributed by atoms with van der Waals surface area (Å²) >= 11 is 0. The predicted molar refractivity (Wildman–Crippen MR) is 155 cm³/mol. The number of carbonyl (C=O) groups excluding carboxylic acids is 2. The molecule has 0 bridgehead atoms. The number of carbonyl (C=O) groups is 2. The first-order valence-corrected chi connectivity index (χ1v) is 13.2. The Labute approximate surface area is 236 Å². The predicted octanol–water partition coefficient (Wildman–Crippen LogP) is 5.98. The van der Waals surface area contributed by atoms with E-state index in [9.17, 15) is 14.7 Å². The fraction of sp³-hybridized carbons (Fsp3) is 0.333. The van der Waals surface area contributed by atoms with Gasteiger partial charge in [0.05, 0.1) is 38.5 Å². The van der Waals surface area contributed by atoms with E-state index in [1.54, 1.807) is 25.2 Å². The molecule has 0 radical (unpaired) electrons. The summed E-state index contributed by atoms with van der Waals surface area (Å²) < 4.78 is 16.3. The summed E-state index contributed by atoms with van der Waals surface area (Å²) in [5, 5.41) is 11.7. The highest BCUT2D eigenvalue weighted by molar-refractivity contribution is 6.46. The molecular formula is C33H37NO6. The Morgan fingerprint density at radius 2 is 1.55 bits per heavy atom. The molecule has 1 heterocycles. The lowest BCUT2D eigenvalue weighted by Gasteiger charge is -2.26. The number of aryl methyl sites for hydroxylation is 1. The SMILES string of the molecule is COc1ccc(CCN2C(=O)C(=O)/C(=C(/O)c3cc(C(C)(C)C)ccc3OC)C2c2cccc(C)c2)cc1OC. The Morgan fingerprint density at radius 3 is 2.17 bits per heavy atom. The molecule has 3 aromatic carbocycles. The van der Waals surface area contributed by atoms with Gasteiger partial charge in [0, 0.05) is 6.54 Å². The molecule has 1 amide bonds. The molecule has 0 spiro atoms. The van der Waals surface area contributed by atoms with Crippen LogP contribution in [0.25, 0.3) is 5.76 Å². The van der Waals surface area contributed by atoms with Gasteiger partial charge < -0.3 is 24.2 Å². The van der Waals surface area contributed by atoms with Crippen LogP contribution in [0.2, 0.25) is 0 Å². The molecule has 210 valence electrons. The van der Waals surface area contributed by atoms with E-state index in [1.807, 2.05) is 61.5 Å². The van der Waals surface area contributed by atoms with Crippen molar-refractivity contribution in [1.82, 2.24) is 4.90 Å². The minimum Gasteiger partial charge on any atom is -0.507 e. The fourth-order valence-electron chi connectivity index (χ4n) is 5.09. The summed E-state index contributed by atoms with van der Waals surface area (Å²) in [6.45, 7) is 8.42. The topological polar surface area (TPSA) is 85.3 Å². The summed E-state index contributed by atoms with van der Waals surface area (Å²) in [4.78, 5) is 28.6. The molecule has 7 heteroatoms. The summed E-state index contributed by atoms with van der Waals surface area (Å²) in [6, 6.07) is 18.0. The standard InChI is InChI=1S/C33H37NO6/c1-20-9-8-10-22(17-20)29-28(30(35)24-19-23(33(2,3)4)12-14-25(24)38-5)31(36)32(37)34(29)16-15-21-11-13-26(39-6)27(18-21)40-7/h8-14,17-19,29,35H,15-16H2,1-7H3/b30-28+. The smallest absolute Gasteiger partial charge is 0.295 e. The van der Waals surface area contributed by atoms with Gasteiger partial charge in [-0.25, -0.2) is 0 Å². The summed E-state index contributed by atoms with van der Waals surface area (Å²) in [5.41, 5.74) is 3.84. The Morgan fingerprint density at radius 1 is 0.875 bits per heavy atom.